The number of nitrogens with zero attached hydrogens (tertiary/aromatic N) is 3. The predicted octanol–water partition coefficient (Wildman–Crippen LogP) is 2.80. The van der Waals surface area contributed by atoms with Gasteiger partial charge in [-0.2, -0.15) is 0 Å². The molecule has 1 saturated heterocycles. The minimum Gasteiger partial charge on any atom is -0.443 e. The molecule has 0 saturated carbocycles. The third-order valence-electron chi connectivity index (χ3n) is 3.56. The quantitative estimate of drug-likeness (QED) is 0.623. The third kappa shape index (κ3) is 4.35. The highest BCUT2D eigenvalue weighted by Gasteiger charge is 2.27. The summed E-state index contributed by atoms with van der Waals surface area (Å²) in [5.74, 6) is 0. The lowest BCUT2D eigenvalue weighted by Crippen LogP contribution is -2.36. The van der Waals surface area contributed by atoms with Crippen LogP contribution in [0.2, 0.25) is 0 Å². The minimum absolute atomic E-state index is 0.132. The molecule has 0 atom stereocenters. The molecule has 8 heteroatoms. The molecular weight excluding hydrogens is 314 g/mol. The van der Waals surface area contributed by atoms with Gasteiger partial charge in [-0.15, -0.1) is 0 Å². The number of benzene rings is 1. The number of rotatable bonds is 3. The van der Waals surface area contributed by atoms with Crippen LogP contribution in [0.4, 0.5) is 21.9 Å². The van der Waals surface area contributed by atoms with Crippen LogP contribution in [0.15, 0.2) is 18.2 Å². The van der Waals surface area contributed by atoms with Crippen LogP contribution >= 0.6 is 0 Å². The van der Waals surface area contributed by atoms with Crippen molar-refractivity contribution in [3.8, 4) is 0 Å². The summed E-state index contributed by atoms with van der Waals surface area (Å²) in [7, 11) is 1.46. The molecule has 1 aromatic rings. The average molecular weight is 337 g/mol. The highest BCUT2D eigenvalue weighted by atomic mass is 16.6. The van der Waals surface area contributed by atoms with Crippen LogP contribution in [0.5, 0.6) is 0 Å². The first-order valence-corrected chi connectivity index (χ1v) is 7.77. The Morgan fingerprint density at radius 2 is 1.96 bits per heavy atom. The van der Waals surface area contributed by atoms with E-state index in [0.717, 1.165) is 10.6 Å². The summed E-state index contributed by atoms with van der Waals surface area (Å²) in [5.41, 5.74) is 0.137. The largest absolute Gasteiger partial charge is 0.443 e. The molecule has 1 aromatic carbocycles. The molecule has 24 heavy (non-hydrogen) atoms. The second kappa shape index (κ2) is 7.04. The van der Waals surface area contributed by atoms with E-state index in [9.17, 15) is 14.9 Å². The highest BCUT2D eigenvalue weighted by molar-refractivity contribution is 5.91. The molecule has 0 N–H and O–H groups in total. The lowest BCUT2D eigenvalue weighted by atomic mass is 10.2. The van der Waals surface area contributed by atoms with Crippen LogP contribution in [0, 0.1) is 10.1 Å². The smallest absolute Gasteiger partial charge is 0.414 e. The molecule has 0 aliphatic carbocycles. The number of anilines is 2. The fourth-order valence-electron chi connectivity index (χ4n) is 2.39. The van der Waals surface area contributed by atoms with Crippen LogP contribution in [-0.2, 0) is 9.47 Å². The van der Waals surface area contributed by atoms with Gasteiger partial charge >= 0.3 is 6.09 Å². The van der Waals surface area contributed by atoms with Crippen LogP contribution in [0.3, 0.4) is 0 Å². The van der Waals surface area contributed by atoms with Gasteiger partial charge in [0.15, 0.2) is 0 Å². The summed E-state index contributed by atoms with van der Waals surface area (Å²) in [5, 5.41) is 11.5. The Balaban J connectivity index is 2.29. The number of nitro groups is 1. The van der Waals surface area contributed by atoms with Gasteiger partial charge in [0, 0.05) is 31.9 Å². The molecule has 132 valence electrons. The van der Waals surface area contributed by atoms with E-state index in [4.69, 9.17) is 9.47 Å². The molecule has 0 spiro atoms. The number of nitro benzene ring substituents is 1. The van der Waals surface area contributed by atoms with Crippen molar-refractivity contribution in [3.05, 3.63) is 28.3 Å². The van der Waals surface area contributed by atoms with Gasteiger partial charge in [-0.1, -0.05) is 0 Å². The lowest BCUT2D eigenvalue weighted by molar-refractivity contribution is -0.384. The Morgan fingerprint density at radius 1 is 1.33 bits per heavy atom. The summed E-state index contributed by atoms with van der Waals surface area (Å²) in [6.07, 6.45) is -0.635. The number of hydrogen-bond acceptors (Lipinski definition) is 6. The maximum atomic E-state index is 12.2. The monoisotopic (exact) mass is 337 g/mol. The summed E-state index contributed by atoms with van der Waals surface area (Å²) >= 11 is 0. The number of carbonyl (C=O) groups excluding carboxylic acids is 1. The Kier molecular flexibility index (Phi) is 5.28. The fraction of sp³-hybridized carbons (Fsp3) is 0.562. The Morgan fingerprint density at radius 3 is 2.50 bits per heavy atom. The van der Waals surface area contributed by atoms with E-state index in [2.05, 4.69) is 0 Å². The summed E-state index contributed by atoms with van der Waals surface area (Å²) < 4.78 is 10.6. The second-order valence-corrected chi connectivity index (χ2v) is 6.57. The third-order valence-corrected chi connectivity index (χ3v) is 3.56. The van der Waals surface area contributed by atoms with Crippen LogP contribution in [0.1, 0.15) is 20.8 Å². The molecule has 1 heterocycles. The van der Waals surface area contributed by atoms with Crippen molar-refractivity contribution in [3.63, 3.8) is 0 Å². The molecule has 1 aliphatic rings. The van der Waals surface area contributed by atoms with Crippen molar-refractivity contribution >= 4 is 23.2 Å². The molecule has 0 unspecified atom stereocenters. The first-order chi connectivity index (χ1) is 11.2. The number of hydrogen-bond donors (Lipinski definition) is 0. The topological polar surface area (TPSA) is 85.2 Å². The van der Waals surface area contributed by atoms with E-state index < -0.39 is 16.6 Å². The summed E-state index contributed by atoms with van der Waals surface area (Å²) in [4.78, 5) is 26.3. The van der Waals surface area contributed by atoms with E-state index >= 15 is 0 Å². The number of amides is 1. The minimum atomic E-state index is -0.673. The van der Waals surface area contributed by atoms with Gasteiger partial charge in [0.05, 0.1) is 18.1 Å². The Labute approximate surface area is 141 Å². The first-order valence-electron chi connectivity index (χ1n) is 7.77. The van der Waals surface area contributed by atoms with Gasteiger partial charge in [0.25, 0.3) is 5.69 Å². The zero-order valence-electron chi connectivity index (χ0n) is 14.4. The van der Waals surface area contributed by atoms with Crippen LogP contribution < -0.4 is 9.80 Å². The standard InChI is InChI=1S/C16H23N3O5/c1-16(2,3)24-15(20)17(4)13-6-5-12(11-14(13)19(21)22)18-7-9-23-10-8-18/h5-6,11H,7-10H2,1-4H3. The van der Waals surface area contributed by atoms with Gasteiger partial charge in [0.1, 0.15) is 11.3 Å². The van der Waals surface area contributed by atoms with Crippen molar-refractivity contribution in [2.45, 2.75) is 26.4 Å². The van der Waals surface area contributed by atoms with Crippen molar-refractivity contribution in [2.75, 3.05) is 43.2 Å². The van der Waals surface area contributed by atoms with Crippen molar-refractivity contribution in [1.29, 1.82) is 0 Å². The fourth-order valence-corrected chi connectivity index (χ4v) is 2.39. The van der Waals surface area contributed by atoms with E-state index in [-0.39, 0.29) is 11.4 Å². The van der Waals surface area contributed by atoms with Gasteiger partial charge in [-0.3, -0.25) is 15.0 Å². The molecule has 0 bridgehead atoms. The molecule has 0 aromatic heterocycles. The van der Waals surface area contributed by atoms with Crippen molar-refractivity contribution in [2.24, 2.45) is 0 Å². The van der Waals surface area contributed by atoms with Crippen LogP contribution in [0.25, 0.3) is 0 Å². The molecule has 8 nitrogen and oxygen atoms in total. The predicted molar refractivity (Wildman–Crippen MR) is 90.8 cm³/mol. The number of carbonyl (C=O) groups is 1. The van der Waals surface area contributed by atoms with E-state index in [1.807, 2.05) is 4.90 Å². The molecule has 0 radical (unpaired) electrons. The van der Waals surface area contributed by atoms with E-state index in [1.165, 1.54) is 13.1 Å². The number of ether oxygens (including phenoxy) is 2. The van der Waals surface area contributed by atoms with Gasteiger partial charge in [-0.05, 0) is 32.9 Å². The molecule has 1 amide bonds. The highest BCUT2D eigenvalue weighted by Crippen LogP contribution is 2.33. The van der Waals surface area contributed by atoms with Crippen molar-refractivity contribution < 1.29 is 19.2 Å². The summed E-state index contributed by atoms with van der Waals surface area (Å²) in [6, 6.07) is 4.84. The normalized spacial score (nSPS) is 15.1. The zero-order chi connectivity index (χ0) is 17.9. The number of morpholine rings is 1. The van der Waals surface area contributed by atoms with Crippen LogP contribution in [-0.4, -0.2) is 50.0 Å². The lowest BCUT2D eigenvalue weighted by Gasteiger charge is -2.29. The molecule has 2 rings (SSSR count). The van der Waals surface area contributed by atoms with E-state index in [1.54, 1.807) is 32.9 Å². The second-order valence-electron chi connectivity index (χ2n) is 6.57. The maximum Gasteiger partial charge on any atom is 0.414 e. The molecular formula is C16H23N3O5. The first kappa shape index (κ1) is 18.0. The Hall–Kier alpha value is -2.35. The molecule has 1 fully saturated rings. The summed E-state index contributed by atoms with van der Waals surface area (Å²) in [6.45, 7) is 7.77. The SMILES string of the molecule is CN(C(=O)OC(C)(C)C)c1ccc(N2CCOCC2)cc1[N+](=O)[O-]. The van der Waals surface area contributed by atoms with Gasteiger partial charge < -0.3 is 14.4 Å². The van der Waals surface area contributed by atoms with E-state index in [0.29, 0.717) is 26.3 Å². The van der Waals surface area contributed by atoms with Gasteiger partial charge in [0.2, 0.25) is 0 Å². The average Bonchev–Trinajstić information content (AvgIpc) is 2.52. The Bertz CT molecular complexity index is 621. The molecule has 1 aliphatic heterocycles. The van der Waals surface area contributed by atoms with Crippen molar-refractivity contribution in [1.82, 2.24) is 0 Å². The maximum absolute atomic E-state index is 12.2. The van der Waals surface area contributed by atoms with Gasteiger partial charge in [-0.25, -0.2) is 4.79 Å². The zero-order valence-corrected chi connectivity index (χ0v) is 14.4.